The van der Waals surface area contributed by atoms with Crippen molar-refractivity contribution in [2.24, 2.45) is 0 Å². The molecule has 0 aliphatic carbocycles. The van der Waals surface area contributed by atoms with Crippen LogP contribution in [-0.2, 0) is 0 Å². The Bertz CT molecular complexity index is 558. The van der Waals surface area contributed by atoms with Crippen molar-refractivity contribution in [2.45, 2.75) is 26.3 Å². The molecule has 0 N–H and O–H groups in total. The number of Topliss-reactive ketones (excluding diaryl/α,β-unsaturated/α-hetero) is 1. The minimum absolute atomic E-state index is 0.0608. The number of hydrogen-bond donors (Lipinski definition) is 0. The van der Waals surface area contributed by atoms with Gasteiger partial charge >= 0.3 is 0 Å². The summed E-state index contributed by atoms with van der Waals surface area (Å²) >= 11 is 0. The number of ketones is 1. The quantitative estimate of drug-likeness (QED) is 0.748. The Labute approximate surface area is 145 Å². The molecule has 5 nitrogen and oxygen atoms in total. The van der Waals surface area contributed by atoms with E-state index in [2.05, 4.69) is 18.7 Å². The van der Waals surface area contributed by atoms with Gasteiger partial charge in [-0.05, 0) is 40.1 Å². The van der Waals surface area contributed by atoms with Crippen molar-refractivity contribution in [3.63, 3.8) is 0 Å². The number of carbonyl (C=O) groups is 2. The van der Waals surface area contributed by atoms with Crippen LogP contribution < -0.4 is 0 Å². The first-order valence-electron chi connectivity index (χ1n) is 8.70. The van der Waals surface area contributed by atoms with Crippen LogP contribution in [0.1, 0.15) is 41.0 Å². The van der Waals surface area contributed by atoms with Gasteiger partial charge in [-0.15, -0.1) is 0 Å². The molecular weight excluding hydrogens is 302 g/mol. The van der Waals surface area contributed by atoms with E-state index in [9.17, 15) is 9.59 Å². The fourth-order valence-corrected chi connectivity index (χ4v) is 2.89. The first-order valence-corrected chi connectivity index (χ1v) is 8.70. The number of piperazine rings is 1. The van der Waals surface area contributed by atoms with Crippen LogP contribution in [0.5, 0.6) is 0 Å². The molecule has 1 heterocycles. The van der Waals surface area contributed by atoms with Crippen LogP contribution in [0, 0.1) is 0 Å². The lowest BCUT2D eigenvalue weighted by atomic mass is 10.0. The van der Waals surface area contributed by atoms with Crippen molar-refractivity contribution in [3.8, 4) is 0 Å². The van der Waals surface area contributed by atoms with Crippen molar-refractivity contribution < 1.29 is 9.59 Å². The summed E-state index contributed by atoms with van der Waals surface area (Å²) < 4.78 is 0. The third kappa shape index (κ3) is 4.89. The lowest BCUT2D eigenvalue weighted by molar-refractivity contribution is 0.0595. The van der Waals surface area contributed by atoms with Crippen LogP contribution in [-0.4, -0.2) is 79.3 Å². The van der Waals surface area contributed by atoms with E-state index < -0.39 is 0 Å². The molecule has 1 aromatic carbocycles. The molecule has 0 aromatic heterocycles. The zero-order valence-electron chi connectivity index (χ0n) is 15.3. The normalized spacial score (nSPS) is 16.0. The summed E-state index contributed by atoms with van der Waals surface area (Å²) in [6, 6.07) is 7.63. The van der Waals surface area contributed by atoms with Crippen molar-refractivity contribution in [1.29, 1.82) is 0 Å². The molecule has 1 aliphatic heterocycles. The maximum Gasteiger partial charge on any atom is 0.253 e. The van der Waals surface area contributed by atoms with Crippen LogP contribution in [0.3, 0.4) is 0 Å². The van der Waals surface area contributed by atoms with E-state index in [0.29, 0.717) is 23.6 Å². The molecule has 132 valence electrons. The zero-order chi connectivity index (χ0) is 17.7. The molecule has 24 heavy (non-hydrogen) atoms. The molecule has 0 saturated carbocycles. The van der Waals surface area contributed by atoms with Crippen LogP contribution in [0.2, 0.25) is 0 Å². The Kier molecular flexibility index (Phi) is 6.52. The van der Waals surface area contributed by atoms with Gasteiger partial charge < -0.3 is 9.80 Å². The Hall–Kier alpha value is -1.72. The standard InChI is InChI=1S/C19H29N3O2/c1-15(2)21-11-13-22(14-12-21)19(24)17-7-5-16(6-8-17)18(23)9-10-20(3)4/h5-8,15H,9-14H2,1-4H3. The third-order valence-electron chi connectivity index (χ3n) is 4.57. The average molecular weight is 331 g/mol. The van der Waals surface area contributed by atoms with Gasteiger partial charge in [0.1, 0.15) is 0 Å². The molecular formula is C19H29N3O2. The summed E-state index contributed by atoms with van der Waals surface area (Å²) in [5.41, 5.74) is 1.34. The summed E-state index contributed by atoms with van der Waals surface area (Å²) in [7, 11) is 3.90. The Balaban J connectivity index is 1.93. The van der Waals surface area contributed by atoms with Crippen LogP contribution in [0.4, 0.5) is 0 Å². The van der Waals surface area contributed by atoms with E-state index in [1.54, 1.807) is 24.3 Å². The van der Waals surface area contributed by atoms with E-state index in [1.807, 2.05) is 23.9 Å². The van der Waals surface area contributed by atoms with Gasteiger partial charge in [0.2, 0.25) is 0 Å². The fourth-order valence-electron chi connectivity index (χ4n) is 2.89. The maximum atomic E-state index is 12.6. The molecule has 0 unspecified atom stereocenters. The van der Waals surface area contributed by atoms with Gasteiger partial charge in [0.05, 0.1) is 0 Å². The highest BCUT2D eigenvalue weighted by atomic mass is 16.2. The molecule has 1 aromatic rings. The average Bonchev–Trinajstić information content (AvgIpc) is 2.59. The van der Waals surface area contributed by atoms with E-state index >= 15 is 0 Å². The Morgan fingerprint density at radius 2 is 1.54 bits per heavy atom. The highest BCUT2D eigenvalue weighted by molar-refractivity contribution is 5.98. The monoisotopic (exact) mass is 331 g/mol. The highest BCUT2D eigenvalue weighted by Crippen LogP contribution is 2.13. The van der Waals surface area contributed by atoms with Gasteiger partial charge in [-0.3, -0.25) is 14.5 Å². The largest absolute Gasteiger partial charge is 0.336 e. The first kappa shape index (κ1) is 18.6. The minimum Gasteiger partial charge on any atom is -0.336 e. The number of carbonyl (C=O) groups excluding carboxylic acids is 2. The molecule has 1 saturated heterocycles. The summed E-state index contributed by atoms with van der Waals surface area (Å²) in [6.45, 7) is 8.47. The lowest BCUT2D eigenvalue weighted by Crippen LogP contribution is -2.50. The van der Waals surface area contributed by atoms with Gasteiger partial charge in [0, 0.05) is 56.3 Å². The van der Waals surface area contributed by atoms with Crippen molar-refractivity contribution >= 4 is 11.7 Å². The van der Waals surface area contributed by atoms with E-state index in [-0.39, 0.29) is 11.7 Å². The van der Waals surface area contributed by atoms with Crippen LogP contribution >= 0.6 is 0 Å². The molecule has 0 spiro atoms. The SMILES string of the molecule is CC(C)N1CCN(C(=O)c2ccc(C(=O)CCN(C)C)cc2)CC1. The summed E-state index contributed by atoms with van der Waals surface area (Å²) in [5.74, 6) is 0.180. The fraction of sp³-hybridized carbons (Fsp3) is 0.579. The van der Waals surface area contributed by atoms with Crippen molar-refractivity contribution in [3.05, 3.63) is 35.4 Å². The molecule has 0 radical (unpaired) electrons. The van der Waals surface area contributed by atoms with Crippen LogP contribution in [0.25, 0.3) is 0 Å². The predicted molar refractivity (Wildman–Crippen MR) is 96.6 cm³/mol. The van der Waals surface area contributed by atoms with E-state index in [4.69, 9.17) is 0 Å². The van der Waals surface area contributed by atoms with E-state index in [0.717, 1.165) is 32.7 Å². The second kappa shape index (κ2) is 8.40. The number of nitrogens with zero attached hydrogens (tertiary/aromatic N) is 3. The smallest absolute Gasteiger partial charge is 0.253 e. The molecule has 2 rings (SSSR count). The molecule has 1 amide bonds. The van der Waals surface area contributed by atoms with Crippen molar-refractivity contribution in [2.75, 3.05) is 46.8 Å². The minimum atomic E-state index is 0.0608. The molecule has 1 aliphatic rings. The second-order valence-electron chi connectivity index (χ2n) is 6.98. The van der Waals surface area contributed by atoms with Gasteiger partial charge in [0.25, 0.3) is 5.91 Å². The number of rotatable bonds is 6. The highest BCUT2D eigenvalue weighted by Gasteiger charge is 2.23. The zero-order valence-corrected chi connectivity index (χ0v) is 15.3. The van der Waals surface area contributed by atoms with Gasteiger partial charge in [-0.1, -0.05) is 12.1 Å². The number of amides is 1. The second-order valence-corrected chi connectivity index (χ2v) is 6.98. The summed E-state index contributed by atoms with van der Waals surface area (Å²) in [5, 5.41) is 0. The molecule has 1 fully saturated rings. The van der Waals surface area contributed by atoms with Gasteiger partial charge in [0.15, 0.2) is 5.78 Å². The first-order chi connectivity index (χ1) is 11.4. The summed E-state index contributed by atoms with van der Waals surface area (Å²) in [6.07, 6.45) is 0.497. The Morgan fingerprint density at radius 1 is 1.00 bits per heavy atom. The van der Waals surface area contributed by atoms with Gasteiger partial charge in [-0.2, -0.15) is 0 Å². The third-order valence-corrected chi connectivity index (χ3v) is 4.57. The maximum absolute atomic E-state index is 12.6. The molecule has 0 bridgehead atoms. The van der Waals surface area contributed by atoms with Gasteiger partial charge in [-0.25, -0.2) is 0 Å². The molecule has 0 atom stereocenters. The lowest BCUT2D eigenvalue weighted by Gasteiger charge is -2.37. The van der Waals surface area contributed by atoms with Crippen LogP contribution in [0.15, 0.2) is 24.3 Å². The van der Waals surface area contributed by atoms with E-state index in [1.165, 1.54) is 0 Å². The molecule has 5 heteroatoms. The number of benzene rings is 1. The predicted octanol–water partition coefficient (Wildman–Crippen LogP) is 1.99. The summed E-state index contributed by atoms with van der Waals surface area (Å²) in [4.78, 5) is 31.0. The van der Waals surface area contributed by atoms with Crippen molar-refractivity contribution in [1.82, 2.24) is 14.7 Å². The number of hydrogen-bond acceptors (Lipinski definition) is 4. The topological polar surface area (TPSA) is 43.9 Å². The Morgan fingerprint density at radius 3 is 2.04 bits per heavy atom.